The van der Waals surface area contributed by atoms with Gasteiger partial charge in [-0.3, -0.25) is 4.79 Å². The Kier molecular flexibility index (Phi) is 5.50. The monoisotopic (exact) mass is 358 g/mol. The average molecular weight is 358 g/mol. The molecule has 124 valence electrons. The van der Waals surface area contributed by atoms with Crippen molar-refractivity contribution >= 4 is 44.4 Å². The number of nitrogens with one attached hydrogen (secondary N) is 1. The summed E-state index contributed by atoms with van der Waals surface area (Å²) in [6.07, 6.45) is -0.561. The molecule has 0 radical (unpaired) electrons. The highest BCUT2D eigenvalue weighted by Gasteiger charge is 2.11. The maximum Gasteiger partial charge on any atom is 0.236 e. The van der Waals surface area contributed by atoms with E-state index in [1.165, 1.54) is 28.7 Å². The number of thioether (sulfide) groups is 1. The molecule has 24 heavy (non-hydrogen) atoms. The molecule has 3 aromatic rings. The molecule has 0 aliphatic heterocycles. The molecule has 0 aliphatic rings. The number of aryl methyl sites for hydroxylation is 1. The van der Waals surface area contributed by atoms with Crippen molar-refractivity contribution in [2.75, 3.05) is 16.8 Å². The molecule has 0 saturated heterocycles. The number of hydrogen-bond acceptors (Lipinski definition) is 5. The second-order valence-corrected chi connectivity index (χ2v) is 7.54. The van der Waals surface area contributed by atoms with Crippen molar-refractivity contribution in [2.24, 2.45) is 0 Å². The smallest absolute Gasteiger partial charge is 0.236 e. The quantitative estimate of drug-likeness (QED) is 0.699. The van der Waals surface area contributed by atoms with E-state index in [-0.39, 0.29) is 5.91 Å². The van der Waals surface area contributed by atoms with Gasteiger partial charge in [0.25, 0.3) is 0 Å². The summed E-state index contributed by atoms with van der Waals surface area (Å²) >= 11 is 2.88. The summed E-state index contributed by atoms with van der Waals surface area (Å²) in [5.41, 5.74) is 2.94. The molecule has 0 aliphatic carbocycles. The number of aliphatic hydroxyl groups is 1. The molecule has 3 rings (SSSR count). The van der Waals surface area contributed by atoms with Crippen LogP contribution >= 0.6 is 23.1 Å². The third-order valence-corrected chi connectivity index (χ3v) is 5.43. The van der Waals surface area contributed by atoms with Gasteiger partial charge in [-0.1, -0.05) is 47.7 Å². The number of carbonyl (C=O) groups is 1. The zero-order valence-electron chi connectivity index (χ0n) is 13.2. The average Bonchev–Trinajstić information content (AvgIpc) is 2.96. The second kappa shape index (κ2) is 7.79. The van der Waals surface area contributed by atoms with Crippen LogP contribution in [0.3, 0.4) is 0 Å². The molecule has 2 aromatic carbocycles. The SMILES string of the molecule is Cc1ccc2nc(NC(=O)CSCC(O)c3ccccc3)sc2c1. The van der Waals surface area contributed by atoms with Gasteiger partial charge in [-0.05, 0) is 30.2 Å². The van der Waals surface area contributed by atoms with E-state index in [1.54, 1.807) is 0 Å². The van der Waals surface area contributed by atoms with Gasteiger partial charge in [0.1, 0.15) is 0 Å². The fraction of sp³-hybridized carbons (Fsp3) is 0.222. The predicted molar refractivity (Wildman–Crippen MR) is 102 cm³/mol. The lowest BCUT2D eigenvalue weighted by Gasteiger charge is -2.10. The number of anilines is 1. The first-order chi connectivity index (χ1) is 11.6. The largest absolute Gasteiger partial charge is 0.388 e. The van der Waals surface area contributed by atoms with Crippen molar-refractivity contribution in [1.29, 1.82) is 0 Å². The summed E-state index contributed by atoms with van der Waals surface area (Å²) in [4.78, 5) is 16.4. The van der Waals surface area contributed by atoms with E-state index < -0.39 is 6.10 Å². The van der Waals surface area contributed by atoms with Crippen LogP contribution in [0.2, 0.25) is 0 Å². The van der Waals surface area contributed by atoms with E-state index in [2.05, 4.69) is 16.4 Å². The molecule has 1 heterocycles. The Hall–Kier alpha value is -1.89. The highest BCUT2D eigenvalue weighted by Crippen LogP contribution is 2.27. The summed E-state index contributed by atoms with van der Waals surface area (Å²) in [5, 5.41) is 13.5. The standard InChI is InChI=1S/C18H18N2O2S2/c1-12-7-8-14-16(9-12)24-18(19-14)20-17(22)11-23-10-15(21)13-5-3-2-4-6-13/h2-9,15,21H,10-11H2,1H3,(H,19,20,22). The first-order valence-corrected chi connectivity index (χ1v) is 9.57. The number of thiazole rings is 1. The Labute approximate surface area is 148 Å². The fourth-order valence-corrected chi connectivity index (χ4v) is 4.05. The van der Waals surface area contributed by atoms with Crippen LogP contribution in [0, 0.1) is 6.92 Å². The number of rotatable bonds is 6. The van der Waals surface area contributed by atoms with Gasteiger partial charge in [0.15, 0.2) is 5.13 Å². The lowest BCUT2D eigenvalue weighted by Crippen LogP contribution is -2.15. The van der Waals surface area contributed by atoms with Crippen molar-refractivity contribution < 1.29 is 9.90 Å². The molecular weight excluding hydrogens is 340 g/mol. The van der Waals surface area contributed by atoms with Crippen LogP contribution in [0.4, 0.5) is 5.13 Å². The molecule has 1 aromatic heterocycles. The van der Waals surface area contributed by atoms with Gasteiger partial charge in [-0.15, -0.1) is 11.8 Å². The molecule has 2 N–H and O–H groups in total. The minimum Gasteiger partial charge on any atom is -0.388 e. The van der Waals surface area contributed by atoms with Gasteiger partial charge in [-0.25, -0.2) is 4.98 Å². The molecule has 1 amide bonds. The summed E-state index contributed by atoms with van der Waals surface area (Å²) in [7, 11) is 0. The molecule has 6 heteroatoms. The Morgan fingerprint density at radius 3 is 2.88 bits per heavy atom. The van der Waals surface area contributed by atoms with Gasteiger partial charge in [0.2, 0.25) is 5.91 Å². The molecule has 0 saturated carbocycles. The van der Waals surface area contributed by atoms with Crippen molar-refractivity contribution in [3.63, 3.8) is 0 Å². The normalized spacial score (nSPS) is 12.2. The number of benzene rings is 2. The second-order valence-electron chi connectivity index (χ2n) is 5.48. The van der Waals surface area contributed by atoms with Crippen LogP contribution < -0.4 is 5.32 Å². The van der Waals surface area contributed by atoms with Crippen LogP contribution in [-0.2, 0) is 4.79 Å². The van der Waals surface area contributed by atoms with Crippen molar-refractivity contribution in [3.05, 3.63) is 59.7 Å². The molecule has 0 spiro atoms. The molecule has 0 bridgehead atoms. The highest BCUT2D eigenvalue weighted by molar-refractivity contribution is 8.00. The van der Waals surface area contributed by atoms with E-state index in [1.807, 2.05) is 49.4 Å². The molecule has 1 atom stereocenters. The number of carbonyl (C=O) groups excluding carboxylic acids is 1. The number of aliphatic hydroxyl groups excluding tert-OH is 1. The summed E-state index contributed by atoms with van der Waals surface area (Å²) in [6.45, 7) is 2.03. The van der Waals surface area contributed by atoms with Gasteiger partial charge >= 0.3 is 0 Å². The van der Waals surface area contributed by atoms with Crippen LogP contribution in [0.5, 0.6) is 0 Å². The predicted octanol–water partition coefficient (Wildman–Crippen LogP) is 4.01. The first-order valence-electron chi connectivity index (χ1n) is 7.59. The topological polar surface area (TPSA) is 62.2 Å². The van der Waals surface area contributed by atoms with Crippen LogP contribution in [0.25, 0.3) is 10.2 Å². The number of nitrogens with zero attached hydrogens (tertiary/aromatic N) is 1. The lowest BCUT2D eigenvalue weighted by molar-refractivity contribution is -0.113. The molecular formula is C18H18N2O2S2. The molecule has 4 nitrogen and oxygen atoms in total. The van der Waals surface area contributed by atoms with Crippen LogP contribution in [-0.4, -0.2) is 27.5 Å². The van der Waals surface area contributed by atoms with E-state index in [0.717, 1.165) is 15.8 Å². The fourth-order valence-electron chi connectivity index (χ4n) is 2.28. The van der Waals surface area contributed by atoms with Gasteiger partial charge in [0.05, 0.1) is 22.1 Å². The van der Waals surface area contributed by atoms with E-state index in [0.29, 0.717) is 16.6 Å². The summed E-state index contributed by atoms with van der Waals surface area (Å²) in [5.74, 6) is 0.672. The third kappa shape index (κ3) is 4.35. The zero-order valence-corrected chi connectivity index (χ0v) is 14.9. The summed E-state index contributed by atoms with van der Waals surface area (Å²) in [6, 6.07) is 15.5. The lowest BCUT2D eigenvalue weighted by atomic mass is 10.1. The van der Waals surface area contributed by atoms with Crippen molar-refractivity contribution in [3.8, 4) is 0 Å². The van der Waals surface area contributed by atoms with Crippen molar-refractivity contribution in [2.45, 2.75) is 13.0 Å². The first kappa shape index (κ1) is 17.0. The third-order valence-electron chi connectivity index (χ3n) is 3.48. The van der Waals surface area contributed by atoms with Gasteiger partial charge in [-0.2, -0.15) is 0 Å². The van der Waals surface area contributed by atoms with Crippen molar-refractivity contribution in [1.82, 2.24) is 4.98 Å². The van der Waals surface area contributed by atoms with Crippen LogP contribution in [0.15, 0.2) is 48.5 Å². The molecule has 1 unspecified atom stereocenters. The van der Waals surface area contributed by atoms with Gasteiger partial charge < -0.3 is 10.4 Å². The zero-order chi connectivity index (χ0) is 16.9. The molecule has 0 fully saturated rings. The number of amides is 1. The van der Waals surface area contributed by atoms with Gasteiger partial charge in [0, 0.05) is 5.75 Å². The van der Waals surface area contributed by atoms with Crippen LogP contribution in [0.1, 0.15) is 17.2 Å². The highest BCUT2D eigenvalue weighted by atomic mass is 32.2. The maximum atomic E-state index is 12.0. The Bertz CT molecular complexity index is 833. The number of fused-ring (bicyclic) bond motifs is 1. The minimum absolute atomic E-state index is 0.101. The number of aromatic nitrogens is 1. The number of hydrogen-bond donors (Lipinski definition) is 2. The van der Waals surface area contributed by atoms with E-state index >= 15 is 0 Å². The minimum atomic E-state index is -0.561. The van der Waals surface area contributed by atoms with E-state index in [4.69, 9.17) is 0 Å². The Morgan fingerprint density at radius 2 is 2.08 bits per heavy atom. The Balaban J connectivity index is 1.50. The van der Waals surface area contributed by atoms with E-state index in [9.17, 15) is 9.90 Å². The summed E-state index contributed by atoms with van der Waals surface area (Å²) < 4.78 is 1.07. The Morgan fingerprint density at radius 1 is 1.29 bits per heavy atom. The maximum absolute atomic E-state index is 12.0.